The van der Waals surface area contributed by atoms with Crippen molar-refractivity contribution in [3.63, 3.8) is 0 Å². The highest BCUT2D eigenvalue weighted by Crippen LogP contribution is 2.26. The van der Waals surface area contributed by atoms with Gasteiger partial charge in [-0.1, -0.05) is 17.4 Å². The number of hydrogen-bond acceptors (Lipinski definition) is 5. The third kappa shape index (κ3) is 2.93. The van der Waals surface area contributed by atoms with Crippen LogP contribution in [0.1, 0.15) is 16.3 Å². The lowest BCUT2D eigenvalue weighted by molar-refractivity contribution is 0.967. The standard InChI is InChI=1S/C14H15N3S2/c1-9-3-4-12-13(7-9)19-14(17-12)15-6-5-11-8-18-10(2)16-11/h3-4,7-8H,5-6H2,1-2H3,(H,15,17). The van der Waals surface area contributed by atoms with Gasteiger partial charge in [0.1, 0.15) is 0 Å². The second kappa shape index (κ2) is 5.27. The summed E-state index contributed by atoms with van der Waals surface area (Å²) in [5, 5.41) is 7.63. The Balaban J connectivity index is 1.65. The van der Waals surface area contributed by atoms with Crippen molar-refractivity contribution in [1.29, 1.82) is 0 Å². The minimum absolute atomic E-state index is 0.877. The second-order valence-electron chi connectivity index (χ2n) is 4.52. The van der Waals surface area contributed by atoms with Gasteiger partial charge < -0.3 is 5.32 Å². The summed E-state index contributed by atoms with van der Waals surface area (Å²) < 4.78 is 1.24. The Labute approximate surface area is 120 Å². The minimum atomic E-state index is 0.877. The molecule has 3 aromatic rings. The number of nitrogens with one attached hydrogen (secondary N) is 1. The SMILES string of the molecule is Cc1ccc2nc(NCCc3csc(C)n3)sc2c1. The van der Waals surface area contributed by atoms with Gasteiger partial charge in [-0.05, 0) is 31.5 Å². The van der Waals surface area contributed by atoms with Crippen LogP contribution in [0.15, 0.2) is 23.6 Å². The van der Waals surface area contributed by atoms with Crippen LogP contribution in [-0.2, 0) is 6.42 Å². The first-order chi connectivity index (χ1) is 9.20. The summed E-state index contributed by atoms with van der Waals surface area (Å²) in [6, 6.07) is 6.36. The Kier molecular flexibility index (Phi) is 3.48. The van der Waals surface area contributed by atoms with Crippen LogP contribution in [0.2, 0.25) is 0 Å². The van der Waals surface area contributed by atoms with E-state index in [1.807, 2.05) is 6.92 Å². The molecule has 3 rings (SSSR count). The van der Waals surface area contributed by atoms with E-state index in [0.717, 1.165) is 34.3 Å². The molecular weight excluding hydrogens is 274 g/mol. The van der Waals surface area contributed by atoms with Crippen molar-refractivity contribution >= 4 is 38.0 Å². The molecule has 1 aromatic carbocycles. The number of nitrogens with zero attached hydrogens (tertiary/aromatic N) is 2. The molecule has 0 radical (unpaired) electrons. The van der Waals surface area contributed by atoms with Crippen molar-refractivity contribution in [3.05, 3.63) is 39.8 Å². The van der Waals surface area contributed by atoms with Crippen molar-refractivity contribution in [2.24, 2.45) is 0 Å². The summed E-state index contributed by atoms with van der Waals surface area (Å²) in [7, 11) is 0. The molecule has 0 unspecified atom stereocenters. The molecule has 98 valence electrons. The first-order valence-electron chi connectivity index (χ1n) is 6.23. The molecule has 0 aliphatic carbocycles. The van der Waals surface area contributed by atoms with Crippen LogP contribution in [0, 0.1) is 13.8 Å². The summed E-state index contributed by atoms with van der Waals surface area (Å²) in [5.74, 6) is 0. The average Bonchev–Trinajstić information content (AvgIpc) is 2.95. The van der Waals surface area contributed by atoms with Gasteiger partial charge in [-0.3, -0.25) is 0 Å². The number of aromatic nitrogens is 2. The van der Waals surface area contributed by atoms with Crippen LogP contribution in [0.4, 0.5) is 5.13 Å². The Bertz CT molecular complexity index is 700. The van der Waals surface area contributed by atoms with Gasteiger partial charge in [-0.25, -0.2) is 9.97 Å². The predicted molar refractivity (Wildman–Crippen MR) is 83.4 cm³/mol. The summed E-state index contributed by atoms with van der Waals surface area (Å²) in [6.45, 7) is 5.02. The van der Waals surface area contributed by atoms with Crippen molar-refractivity contribution in [1.82, 2.24) is 9.97 Å². The topological polar surface area (TPSA) is 37.8 Å². The smallest absolute Gasteiger partial charge is 0.183 e. The fraction of sp³-hybridized carbons (Fsp3) is 0.286. The maximum absolute atomic E-state index is 4.58. The van der Waals surface area contributed by atoms with E-state index in [4.69, 9.17) is 0 Å². The van der Waals surface area contributed by atoms with E-state index in [9.17, 15) is 0 Å². The molecule has 2 heterocycles. The van der Waals surface area contributed by atoms with E-state index in [2.05, 4.69) is 45.8 Å². The van der Waals surface area contributed by atoms with E-state index in [1.54, 1.807) is 22.7 Å². The quantitative estimate of drug-likeness (QED) is 0.788. The Morgan fingerprint density at radius 2 is 2.11 bits per heavy atom. The number of aryl methyl sites for hydroxylation is 2. The van der Waals surface area contributed by atoms with Gasteiger partial charge in [0.2, 0.25) is 0 Å². The third-order valence-corrected chi connectivity index (χ3v) is 4.67. The second-order valence-corrected chi connectivity index (χ2v) is 6.62. The Morgan fingerprint density at radius 3 is 2.89 bits per heavy atom. The van der Waals surface area contributed by atoms with Crippen molar-refractivity contribution in [2.75, 3.05) is 11.9 Å². The highest BCUT2D eigenvalue weighted by molar-refractivity contribution is 7.22. The summed E-state index contributed by atoms with van der Waals surface area (Å²) in [6.07, 6.45) is 0.944. The van der Waals surface area contributed by atoms with Crippen molar-refractivity contribution in [2.45, 2.75) is 20.3 Å². The zero-order valence-corrected chi connectivity index (χ0v) is 12.6. The molecule has 0 aliphatic rings. The predicted octanol–water partition coefficient (Wildman–Crippen LogP) is 4.02. The molecule has 2 aromatic heterocycles. The molecule has 0 aliphatic heterocycles. The van der Waals surface area contributed by atoms with Gasteiger partial charge in [0.15, 0.2) is 5.13 Å². The first kappa shape index (κ1) is 12.6. The molecule has 0 bridgehead atoms. The number of anilines is 1. The maximum Gasteiger partial charge on any atom is 0.183 e. The van der Waals surface area contributed by atoms with Crippen molar-refractivity contribution in [3.8, 4) is 0 Å². The Hall–Kier alpha value is -1.46. The number of thiazole rings is 2. The van der Waals surface area contributed by atoms with E-state index in [1.165, 1.54) is 10.3 Å². The fourth-order valence-electron chi connectivity index (χ4n) is 1.93. The van der Waals surface area contributed by atoms with Crippen LogP contribution < -0.4 is 5.32 Å². The van der Waals surface area contributed by atoms with Gasteiger partial charge in [0, 0.05) is 18.3 Å². The maximum atomic E-state index is 4.58. The van der Waals surface area contributed by atoms with Crippen molar-refractivity contribution < 1.29 is 0 Å². The van der Waals surface area contributed by atoms with Gasteiger partial charge in [0.25, 0.3) is 0 Å². The molecule has 1 N–H and O–H groups in total. The van der Waals surface area contributed by atoms with Crippen LogP contribution in [0.3, 0.4) is 0 Å². The monoisotopic (exact) mass is 289 g/mol. The summed E-state index contributed by atoms with van der Waals surface area (Å²) in [5.41, 5.74) is 3.51. The number of hydrogen-bond donors (Lipinski definition) is 1. The fourth-order valence-corrected chi connectivity index (χ4v) is 3.56. The average molecular weight is 289 g/mol. The highest BCUT2D eigenvalue weighted by Gasteiger charge is 2.04. The van der Waals surface area contributed by atoms with E-state index < -0.39 is 0 Å². The lowest BCUT2D eigenvalue weighted by atomic mass is 10.2. The molecule has 0 fully saturated rings. The zero-order valence-electron chi connectivity index (χ0n) is 10.9. The normalized spacial score (nSPS) is 11.1. The molecule has 5 heteroatoms. The lowest BCUT2D eigenvalue weighted by Crippen LogP contribution is -2.04. The van der Waals surface area contributed by atoms with Crippen LogP contribution in [0.5, 0.6) is 0 Å². The van der Waals surface area contributed by atoms with Gasteiger partial charge in [0.05, 0.1) is 20.9 Å². The molecular formula is C14H15N3S2. The molecule has 0 spiro atoms. The molecule has 0 atom stereocenters. The molecule has 0 saturated carbocycles. The van der Waals surface area contributed by atoms with E-state index >= 15 is 0 Å². The molecule has 0 saturated heterocycles. The van der Waals surface area contributed by atoms with E-state index in [0.29, 0.717) is 0 Å². The Morgan fingerprint density at radius 1 is 1.21 bits per heavy atom. The largest absolute Gasteiger partial charge is 0.361 e. The summed E-state index contributed by atoms with van der Waals surface area (Å²) in [4.78, 5) is 9.04. The third-order valence-electron chi connectivity index (χ3n) is 2.87. The first-order valence-corrected chi connectivity index (χ1v) is 7.92. The van der Waals surface area contributed by atoms with Crippen LogP contribution in [-0.4, -0.2) is 16.5 Å². The highest BCUT2D eigenvalue weighted by atomic mass is 32.1. The molecule has 0 amide bonds. The van der Waals surface area contributed by atoms with E-state index in [-0.39, 0.29) is 0 Å². The van der Waals surface area contributed by atoms with Crippen LogP contribution >= 0.6 is 22.7 Å². The minimum Gasteiger partial charge on any atom is -0.361 e. The molecule has 19 heavy (non-hydrogen) atoms. The van der Waals surface area contributed by atoms with Crippen LogP contribution in [0.25, 0.3) is 10.2 Å². The number of rotatable bonds is 4. The number of benzene rings is 1. The molecule has 3 nitrogen and oxygen atoms in total. The van der Waals surface area contributed by atoms with Gasteiger partial charge in [-0.15, -0.1) is 11.3 Å². The van der Waals surface area contributed by atoms with Gasteiger partial charge >= 0.3 is 0 Å². The zero-order chi connectivity index (χ0) is 13.2. The lowest BCUT2D eigenvalue weighted by Gasteiger charge is -1.99. The number of fused-ring (bicyclic) bond motifs is 1. The van der Waals surface area contributed by atoms with Gasteiger partial charge in [-0.2, -0.15) is 0 Å². The summed E-state index contributed by atoms with van der Waals surface area (Å²) >= 11 is 3.42.